The van der Waals surface area contributed by atoms with Crippen LogP contribution in [0.15, 0.2) is 48.5 Å². The molecule has 6 rings (SSSR count). The van der Waals surface area contributed by atoms with Crippen LogP contribution in [0.2, 0.25) is 0 Å². The van der Waals surface area contributed by atoms with Gasteiger partial charge >= 0.3 is 5.97 Å². The maximum atomic E-state index is 12.8. The first-order valence-electron chi connectivity index (χ1n) is 13.3. The molecule has 5 atom stereocenters. The van der Waals surface area contributed by atoms with Gasteiger partial charge in [0.1, 0.15) is 6.10 Å². The van der Waals surface area contributed by atoms with Gasteiger partial charge in [-0.1, -0.05) is 54.1 Å². The van der Waals surface area contributed by atoms with Crippen molar-refractivity contribution >= 4 is 5.97 Å². The van der Waals surface area contributed by atoms with Crippen molar-refractivity contribution in [1.82, 2.24) is 4.90 Å². The molecule has 5 heteroatoms. The van der Waals surface area contributed by atoms with Crippen LogP contribution in [0.1, 0.15) is 61.3 Å². The Hall–Kier alpha value is -2.21. The van der Waals surface area contributed by atoms with Gasteiger partial charge in [-0.25, -0.2) is 0 Å². The number of aliphatic hydroxyl groups is 1. The summed E-state index contributed by atoms with van der Waals surface area (Å²) in [4.78, 5) is 14.7. The maximum absolute atomic E-state index is 12.8. The molecule has 2 aromatic rings. The van der Waals surface area contributed by atoms with E-state index in [1.54, 1.807) is 0 Å². The van der Waals surface area contributed by atoms with E-state index in [9.17, 15) is 9.90 Å². The highest BCUT2D eigenvalue weighted by molar-refractivity contribution is 5.66. The van der Waals surface area contributed by atoms with Crippen LogP contribution in [0.3, 0.4) is 0 Å². The van der Waals surface area contributed by atoms with E-state index in [4.69, 9.17) is 9.47 Å². The number of carbonyl (C=O) groups excluding carboxylic acids is 1. The van der Waals surface area contributed by atoms with Gasteiger partial charge in [0, 0.05) is 31.3 Å². The van der Waals surface area contributed by atoms with Gasteiger partial charge in [0.2, 0.25) is 0 Å². The molecule has 2 saturated carbocycles. The molecule has 1 saturated heterocycles. The van der Waals surface area contributed by atoms with E-state index in [2.05, 4.69) is 30.0 Å². The highest BCUT2D eigenvalue weighted by atomic mass is 16.6. The minimum Gasteiger partial charge on any atom is -0.460 e. The average Bonchev–Trinajstić information content (AvgIpc) is 3.65. The lowest BCUT2D eigenvalue weighted by molar-refractivity contribution is -0.226. The van der Waals surface area contributed by atoms with Crippen molar-refractivity contribution in [2.45, 2.75) is 88.2 Å². The molecule has 35 heavy (non-hydrogen) atoms. The van der Waals surface area contributed by atoms with Gasteiger partial charge < -0.3 is 14.6 Å². The predicted molar refractivity (Wildman–Crippen MR) is 134 cm³/mol. The number of piperidine rings is 1. The van der Waals surface area contributed by atoms with Crippen molar-refractivity contribution in [3.05, 3.63) is 70.8 Å². The molecule has 1 heterocycles. The van der Waals surface area contributed by atoms with Crippen LogP contribution >= 0.6 is 0 Å². The SMILES string of the molecule is CC(=O)OC1C[C@]23CCN(CC4CC4)[C@H](Cc4ccc(C)cc42)[C@]3(O)CC1OCc1ccccc1. The Morgan fingerprint density at radius 1 is 1.11 bits per heavy atom. The van der Waals surface area contributed by atoms with Crippen LogP contribution in [-0.4, -0.2) is 52.9 Å². The summed E-state index contributed by atoms with van der Waals surface area (Å²) in [5.74, 6) is 0.487. The largest absolute Gasteiger partial charge is 0.460 e. The predicted octanol–water partition coefficient (Wildman–Crippen LogP) is 4.32. The lowest BCUT2D eigenvalue weighted by atomic mass is 9.48. The molecule has 4 aliphatic rings. The first kappa shape index (κ1) is 23.2. The quantitative estimate of drug-likeness (QED) is 0.631. The fraction of sp³-hybridized carbons (Fsp3) is 0.567. The van der Waals surface area contributed by atoms with Gasteiger partial charge in [-0.15, -0.1) is 0 Å². The van der Waals surface area contributed by atoms with Crippen LogP contribution in [0.5, 0.6) is 0 Å². The highest BCUT2D eigenvalue weighted by Crippen LogP contribution is 2.59. The Bertz CT molecular complexity index is 1100. The molecule has 5 nitrogen and oxygen atoms in total. The minimum absolute atomic E-state index is 0.0631. The second kappa shape index (κ2) is 8.72. The van der Waals surface area contributed by atoms with Crippen molar-refractivity contribution in [3.8, 4) is 0 Å². The summed E-state index contributed by atoms with van der Waals surface area (Å²) in [7, 11) is 0. The van der Waals surface area contributed by atoms with Crippen LogP contribution in [-0.2, 0) is 32.7 Å². The number of benzene rings is 2. The summed E-state index contributed by atoms with van der Waals surface area (Å²) >= 11 is 0. The number of hydrogen-bond acceptors (Lipinski definition) is 5. The zero-order valence-electron chi connectivity index (χ0n) is 20.9. The molecular weight excluding hydrogens is 438 g/mol. The number of aryl methyl sites for hydroxylation is 1. The van der Waals surface area contributed by atoms with Crippen LogP contribution < -0.4 is 0 Å². The number of fused-ring (bicyclic) bond motifs is 1. The van der Waals surface area contributed by atoms with Crippen LogP contribution in [0, 0.1) is 12.8 Å². The summed E-state index contributed by atoms with van der Waals surface area (Å²) < 4.78 is 12.4. The topological polar surface area (TPSA) is 59.0 Å². The van der Waals surface area contributed by atoms with Crippen molar-refractivity contribution in [1.29, 1.82) is 0 Å². The average molecular weight is 476 g/mol. The number of ether oxygens (including phenoxy) is 2. The molecule has 1 aliphatic heterocycles. The fourth-order valence-electron chi connectivity index (χ4n) is 7.27. The number of likely N-dealkylation sites (tertiary alicyclic amines) is 1. The van der Waals surface area contributed by atoms with Crippen molar-refractivity contribution in [2.24, 2.45) is 5.92 Å². The number of nitrogens with zero attached hydrogens (tertiary/aromatic N) is 1. The molecule has 2 aromatic carbocycles. The van der Waals surface area contributed by atoms with E-state index in [0.29, 0.717) is 19.4 Å². The molecule has 0 amide bonds. The number of hydrogen-bond donors (Lipinski definition) is 1. The van der Waals surface area contributed by atoms with Crippen molar-refractivity contribution < 1.29 is 19.4 Å². The highest BCUT2D eigenvalue weighted by Gasteiger charge is 2.67. The summed E-state index contributed by atoms with van der Waals surface area (Å²) in [5, 5.41) is 12.8. The summed E-state index contributed by atoms with van der Waals surface area (Å²) in [6.45, 7) is 6.11. The lowest BCUT2D eigenvalue weighted by Crippen LogP contribution is -2.75. The first-order chi connectivity index (χ1) is 16.9. The Labute approximate surface area is 208 Å². The number of rotatable bonds is 6. The Morgan fingerprint density at radius 2 is 1.91 bits per heavy atom. The molecule has 186 valence electrons. The van der Waals surface area contributed by atoms with Gasteiger partial charge in [-0.2, -0.15) is 0 Å². The van der Waals surface area contributed by atoms with E-state index >= 15 is 0 Å². The molecule has 2 bridgehead atoms. The third kappa shape index (κ3) is 4.02. The van der Waals surface area contributed by atoms with Crippen molar-refractivity contribution in [2.75, 3.05) is 13.1 Å². The molecule has 1 N–H and O–H groups in total. The fourth-order valence-corrected chi connectivity index (χ4v) is 7.27. The number of esters is 1. The normalized spacial score (nSPS) is 34.1. The van der Waals surface area contributed by atoms with Gasteiger partial charge in [0.25, 0.3) is 0 Å². The standard InChI is InChI=1S/C30H37NO4/c1-20-8-11-24-15-28-30(33)17-26(34-19-23-6-4-3-5-7-23)27(35-21(2)32)16-29(30,25(24)14-20)12-13-31(28)18-22-9-10-22/h3-8,11,14,22,26-28,33H,9-10,12-13,15-19H2,1-2H3/t26?,27?,28-,29-,30-/m1/s1. The molecule has 2 unspecified atom stereocenters. The van der Waals surface area contributed by atoms with Crippen LogP contribution in [0.25, 0.3) is 0 Å². The van der Waals surface area contributed by atoms with Crippen molar-refractivity contribution in [3.63, 3.8) is 0 Å². The second-order valence-electron chi connectivity index (χ2n) is 11.5. The summed E-state index contributed by atoms with van der Waals surface area (Å²) in [6.07, 6.45) is 4.73. The number of carbonyl (C=O) groups is 1. The third-order valence-corrected chi connectivity index (χ3v) is 9.13. The Kier molecular flexibility index (Phi) is 5.78. The third-order valence-electron chi connectivity index (χ3n) is 9.13. The molecule has 0 spiro atoms. The molecular formula is C30H37NO4. The molecule has 0 radical (unpaired) electrons. The zero-order chi connectivity index (χ0) is 24.2. The maximum Gasteiger partial charge on any atom is 0.302 e. The monoisotopic (exact) mass is 475 g/mol. The molecule has 3 fully saturated rings. The van der Waals surface area contributed by atoms with Gasteiger partial charge in [0.05, 0.1) is 18.3 Å². The smallest absolute Gasteiger partial charge is 0.302 e. The zero-order valence-corrected chi connectivity index (χ0v) is 20.9. The van der Waals surface area contributed by atoms with E-state index in [0.717, 1.165) is 37.4 Å². The second-order valence-corrected chi connectivity index (χ2v) is 11.5. The van der Waals surface area contributed by atoms with E-state index in [1.807, 2.05) is 30.3 Å². The lowest BCUT2D eigenvalue weighted by Gasteiger charge is -2.65. The Morgan fingerprint density at radius 3 is 2.66 bits per heavy atom. The molecule has 0 aromatic heterocycles. The van der Waals surface area contributed by atoms with Gasteiger partial charge in [-0.05, 0) is 68.2 Å². The van der Waals surface area contributed by atoms with E-state index < -0.39 is 11.0 Å². The molecule has 3 aliphatic carbocycles. The van der Waals surface area contributed by atoms with Gasteiger partial charge in [-0.3, -0.25) is 9.69 Å². The van der Waals surface area contributed by atoms with Gasteiger partial charge in [0.15, 0.2) is 0 Å². The van der Waals surface area contributed by atoms with Crippen LogP contribution in [0.4, 0.5) is 0 Å². The Balaban J connectivity index is 1.39. The summed E-state index contributed by atoms with van der Waals surface area (Å²) in [6, 6.07) is 16.9. The minimum atomic E-state index is -0.918. The summed E-state index contributed by atoms with van der Waals surface area (Å²) in [5.41, 5.74) is 3.56. The van der Waals surface area contributed by atoms with E-state index in [-0.39, 0.29) is 24.2 Å². The first-order valence-corrected chi connectivity index (χ1v) is 13.3. The van der Waals surface area contributed by atoms with E-state index in [1.165, 1.54) is 36.5 Å².